The van der Waals surface area contributed by atoms with E-state index >= 15 is 0 Å². The molecular formula is C25H34N2O4S. The third-order valence-electron chi connectivity index (χ3n) is 6.72. The van der Waals surface area contributed by atoms with E-state index in [1.54, 1.807) is 4.31 Å². The van der Waals surface area contributed by atoms with E-state index in [0.29, 0.717) is 13.2 Å². The van der Waals surface area contributed by atoms with Gasteiger partial charge in [0.15, 0.2) is 0 Å². The fraction of sp³-hybridized carbons (Fsp3) is 0.520. The maximum absolute atomic E-state index is 12.2. The Morgan fingerprint density at radius 1 is 1.09 bits per heavy atom. The van der Waals surface area contributed by atoms with Gasteiger partial charge in [0.25, 0.3) is 0 Å². The fourth-order valence-corrected chi connectivity index (χ4v) is 6.26. The van der Waals surface area contributed by atoms with Gasteiger partial charge in [0.2, 0.25) is 10.0 Å². The van der Waals surface area contributed by atoms with Gasteiger partial charge in [0.05, 0.1) is 11.9 Å². The first-order chi connectivity index (χ1) is 15.4. The molecule has 0 radical (unpaired) electrons. The second-order valence-corrected chi connectivity index (χ2v) is 10.9. The van der Waals surface area contributed by atoms with Crippen molar-refractivity contribution >= 4 is 10.0 Å². The van der Waals surface area contributed by atoms with E-state index in [1.807, 2.05) is 49.4 Å². The van der Waals surface area contributed by atoms with Crippen LogP contribution < -0.4 is 4.74 Å². The van der Waals surface area contributed by atoms with Crippen LogP contribution in [0.5, 0.6) is 11.5 Å². The molecule has 7 heteroatoms. The summed E-state index contributed by atoms with van der Waals surface area (Å²) in [6.07, 6.45) is 4.72. The summed E-state index contributed by atoms with van der Waals surface area (Å²) in [7, 11) is -3.20. The molecule has 1 atom stereocenters. The molecular weight excluding hydrogens is 424 g/mol. The molecule has 0 saturated carbocycles. The number of piperidine rings is 1. The third kappa shape index (κ3) is 5.52. The van der Waals surface area contributed by atoms with Crippen molar-refractivity contribution in [2.75, 3.05) is 32.5 Å². The molecule has 32 heavy (non-hydrogen) atoms. The van der Waals surface area contributed by atoms with Crippen LogP contribution in [0.3, 0.4) is 0 Å². The Balaban J connectivity index is 1.38. The van der Waals surface area contributed by atoms with Crippen molar-refractivity contribution in [2.45, 2.75) is 50.8 Å². The van der Waals surface area contributed by atoms with E-state index in [9.17, 15) is 8.42 Å². The molecule has 0 N–H and O–H groups in total. The molecule has 1 unspecified atom stereocenters. The SMILES string of the molecule is CCN(C1CCOC2(CCN(Cc3ccccc3Oc3ccccc3)CC2)C1)S(C)(=O)=O. The number of para-hydroxylation sites is 2. The number of rotatable bonds is 7. The van der Waals surface area contributed by atoms with E-state index in [4.69, 9.17) is 9.47 Å². The lowest BCUT2D eigenvalue weighted by Gasteiger charge is -2.48. The standard InChI is InChI=1S/C25H34N2O4S/c1-3-27(32(2,28)29)22-13-18-30-25(19-22)14-16-26(17-15-25)20-21-9-7-8-12-24(21)31-23-10-5-4-6-11-23/h4-12,22H,3,13-20H2,1-2H3. The summed E-state index contributed by atoms with van der Waals surface area (Å²) in [6.45, 7) is 5.75. The first-order valence-corrected chi connectivity index (χ1v) is 13.4. The average molecular weight is 459 g/mol. The zero-order valence-corrected chi connectivity index (χ0v) is 19.9. The van der Waals surface area contributed by atoms with Crippen LogP contribution in [-0.2, 0) is 21.3 Å². The van der Waals surface area contributed by atoms with E-state index in [0.717, 1.165) is 56.8 Å². The Morgan fingerprint density at radius 2 is 1.78 bits per heavy atom. The number of ether oxygens (including phenoxy) is 2. The van der Waals surface area contributed by atoms with Crippen molar-refractivity contribution < 1.29 is 17.9 Å². The van der Waals surface area contributed by atoms with Crippen molar-refractivity contribution in [2.24, 2.45) is 0 Å². The molecule has 0 bridgehead atoms. The van der Waals surface area contributed by atoms with Crippen molar-refractivity contribution in [1.82, 2.24) is 9.21 Å². The lowest BCUT2D eigenvalue weighted by Crippen LogP contribution is -2.54. The van der Waals surface area contributed by atoms with E-state index in [1.165, 1.54) is 11.8 Å². The zero-order chi connectivity index (χ0) is 22.6. The summed E-state index contributed by atoms with van der Waals surface area (Å²) >= 11 is 0. The van der Waals surface area contributed by atoms with Gasteiger partial charge in [0, 0.05) is 44.4 Å². The Labute approximate surface area is 192 Å². The Morgan fingerprint density at radius 3 is 2.47 bits per heavy atom. The summed E-state index contributed by atoms with van der Waals surface area (Å²) in [5.74, 6) is 1.73. The quantitative estimate of drug-likeness (QED) is 0.620. The largest absolute Gasteiger partial charge is 0.457 e. The summed E-state index contributed by atoms with van der Waals surface area (Å²) in [5.41, 5.74) is 0.960. The van der Waals surface area contributed by atoms with Crippen LogP contribution >= 0.6 is 0 Å². The minimum absolute atomic E-state index is 0.0373. The number of likely N-dealkylation sites (tertiary alicyclic amines) is 1. The first-order valence-electron chi connectivity index (χ1n) is 11.5. The van der Waals surface area contributed by atoms with Gasteiger partial charge in [-0.2, -0.15) is 4.31 Å². The molecule has 0 amide bonds. The second kappa shape index (κ2) is 9.91. The molecule has 0 aromatic heterocycles. The van der Waals surface area contributed by atoms with E-state index < -0.39 is 10.0 Å². The Bertz CT molecular complexity index is 988. The summed E-state index contributed by atoms with van der Waals surface area (Å²) in [5, 5.41) is 0. The highest BCUT2D eigenvalue weighted by Gasteiger charge is 2.43. The van der Waals surface area contributed by atoms with Crippen LogP contribution in [0.4, 0.5) is 0 Å². The highest BCUT2D eigenvalue weighted by atomic mass is 32.2. The number of hydrogen-bond acceptors (Lipinski definition) is 5. The van der Waals surface area contributed by atoms with Gasteiger partial charge < -0.3 is 9.47 Å². The molecule has 2 aliphatic rings. The van der Waals surface area contributed by atoms with Gasteiger partial charge in [-0.1, -0.05) is 43.3 Å². The maximum atomic E-state index is 12.2. The Kier molecular flexibility index (Phi) is 7.20. The molecule has 1 spiro atoms. The molecule has 2 saturated heterocycles. The predicted octanol–water partition coefficient (Wildman–Crippen LogP) is 4.27. The topological polar surface area (TPSA) is 59.1 Å². The van der Waals surface area contributed by atoms with Gasteiger partial charge in [-0.25, -0.2) is 8.42 Å². The Hall–Kier alpha value is -1.93. The smallest absolute Gasteiger partial charge is 0.211 e. The van der Waals surface area contributed by atoms with Gasteiger partial charge >= 0.3 is 0 Å². The fourth-order valence-electron chi connectivity index (χ4n) is 5.07. The molecule has 4 rings (SSSR count). The minimum atomic E-state index is -3.20. The van der Waals surface area contributed by atoms with Crippen LogP contribution in [0.1, 0.15) is 38.2 Å². The van der Waals surface area contributed by atoms with Crippen molar-refractivity contribution in [3.05, 3.63) is 60.2 Å². The van der Waals surface area contributed by atoms with Crippen LogP contribution in [-0.4, -0.2) is 61.8 Å². The highest BCUT2D eigenvalue weighted by Crippen LogP contribution is 2.38. The molecule has 0 aliphatic carbocycles. The van der Waals surface area contributed by atoms with Crippen molar-refractivity contribution in [3.63, 3.8) is 0 Å². The molecule has 2 aromatic rings. The third-order valence-corrected chi connectivity index (χ3v) is 8.13. The minimum Gasteiger partial charge on any atom is -0.457 e. The number of hydrogen-bond donors (Lipinski definition) is 0. The lowest BCUT2D eigenvalue weighted by atomic mass is 9.82. The molecule has 2 aromatic carbocycles. The number of nitrogens with zero attached hydrogens (tertiary/aromatic N) is 2. The van der Waals surface area contributed by atoms with Gasteiger partial charge in [-0.05, 0) is 43.9 Å². The van der Waals surface area contributed by atoms with Gasteiger partial charge in [-0.3, -0.25) is 4.90 Å². The molecule has 2 heterocycles. The first kappa shape index (κ1) is 23.2. The lowest BCUT2D eigenvalue weighted by molar-refractivity contribution is -0.127. The molecule has 174 valence electrons. The van der Waals surface area contributed by atoms with Crippen LogP contribution in [0.25, 0.3) is 0 Å². The van der Waals surface area contributed by atoms with Crippen LogP contribution in [0.2, 0.25) is 0 Å². The van der Waals surface area contributed by atoms with Gasteiger partial charge in [-0.15, -0.1) is 0 Å². The zero-order valence-electron chi connectivity index (χ0n) is 19.1. The van der Waals surface area contributed by atoms with Gasteiger partial charge in [0.1, 0.15) is 11.5 Å². The van der Waals surface area contributed by atoms with E-state index in [2.05, 4.69) is 17.0 Å². The number of sulfonamides is 1. The average Bonchev–Trinajstić information content (AvgIpc) is 2.77. The second-order valence-electron chi connectivity index (χ2n) is 8.94. The molecule has 2 fully saturated rings. The summed E-state index contributed by atoms with van der Waals surface area (Å²) < 4.78 is 38.5. The normalized spacial score (nSPS) is 21.7. The molecule has 6 nitrogen and oxygen atoms in total. The van der Waals surface area contributed by atoms with E-state index in [-0.39, 0.29) is 11.6 Å². The monoisotopic (exact) mass is 458 g/mol. The predicted molar refractivity (Wildman–Crippen MR) is 126 cm³/mol. The van der Waals surface area contributed by atoms with Crippen LogP contribution in [0, 0.1) is 0 Å². The van der Waals surface area contributed by atoms with Crippen LogP contribution in [0.15, 0.2) is 54.6 Å². The maximum Gasteiger partial charge on any atom is 0.211 e. The summed E-state index contributed by atoms with van der Waals surface area (Å²) in [4.78, 5) is 2.44. The molecule has 2 aliphatic heterocycles. The highest BCUT2D eigenvalue weighted by molar-refractivity contribution is 7.88. The van der Waals surface area contributed by atoms with Crippen molar-refractivity contribution in [1.29, 1.82) is 0 Å². The summed E-state index contributed by atoms with van der Waals surface area (Å²) in [6, 6.07) is 18.1. The van der Waals surface area contributed by atoms with Crippen molar-refractivity contribution in [3.8, 4) is 11.5 Å². The number of benzene rings is 2.